The number of piperazine rings is 1. The van der Waals surface area contributed by atoms with Gasteiger partial charge >= 0.3 is 0 Å². The predicted molar refractivity (Wildman–Crippen MR) is 67.0 cm³/mol. The third-order valence-electron chi connectivity index (χ3n) is 4.09. The van der Waals surface area contributed by atoms with Gasteiger partial charge in [-0.25, -0.2) is 0 Å². The van der Waals surface area contributed by atoms with Crippen molar-refractivity contribution in [3.05, 3.63) is 0 Å². The van der Waals surface area contributed by atoms with Gasteiger partial charge < -0.3 is 15.0 Å². The van der Waals surface area contributed by atoms with Crippen LogP contribution >= 0.6 is 0 Å². The lowest BCUT2D eigenvalue weighted by Gasteiger charge is -2.42. The van der Waals surface area contributed by atoms with Crippen LogP contribution in [0.4, 0.5) is 0 Å². The van der Waals surface area contributed by atoms with Gasteiger partial charge in [0.05, 0.1) is 6.54 Å². The third-order valence-corrected chi connectivity index (χ3v) is 4.09. The number of amides is 2. The van der Waals surface area contributed by atoms with Gasteiger partial charge in [0.15, 0.2) is 0 Å². The highest BCUT2D eigenvalue weighted by Crippen LogP contribution is 2.34. The summed E-state index contributed by atoms with van der Waals surface area (Å²) in [4.78, 5) is 26.1. The summed E-state index contributed by atoms with van der Waals surface area (Å²) in [6, 6.07) is 0.0565. The average molecular weight is 254 g/mol. The Hall–Kier alpha value is -1.10. The SMILES string of the molecule is COCCC(C)N1CC(=O)NC2(CCCC2)C1=O. The Labute approximate surface area is 108 Å². The van der Waals surface area contributed by atoms with Crippen molar-refractivity contribution in [2.75, 3.05) is 20.3 Å². The van der Waals surface area contributed by atoms with Crippen LogP contribution in [0.1, 0.15) is 39.0 Å². The fourth-order valence-corrected chi connectivity index (χ4v) is 2.98. The molecule has 1 N–H and O–H groups in total. The summed E-state index contributed by atoms with van der Waals surface area (Å²) in [6.07, 6.45) is 4.38. The molecule has 2 fully saturated rings. The molecule has 1 atom stereocenters. The summed E-state index contributed by atoms with van der Waals surface area (Å²) in [6.45, 7) is 2.78. The van der Waals surface area contributed by atoms with E-state index in [4.69, 9.17) is 4.74 Å². The van der Waals surface area contributed by atoms with Crippen molar-refractivity contribution < 1.29 is 14.3 Å². The molecule has 1 heterocycles. The fourth-order valence-electron chi connectivity index (χ4n) is 2.98. The largest absolute Gasteiger partial charge is 0.385 e. The Balaban J connectivity index is 2.10. The summed E-state index contributed by atoms with van der Waals surface area (Å²) in [5.41, 5.74) is -0.601. The monoisotopic (exact) mass is 254 g/mol. The molecule has 0 aromatic heterocycles. The van der Waals surface area contributed by atoms with Crippen LogP contribution in [0.5, 0.6) is 0 Å². The van der Waals surface area contributed by atoms with Crippen molar-refractivity contribution in [2.45, 2.75) is 50.6 Å². The first kappa shape index (κ1) is 13.3. The Morgan fingerprint density at radius 2 is 2.06 bits per heavy atom. The van der Waals surface area contributed by atoms with E-state index in [9.17, 15) is 9.59 Å². The molecule has 1 saturated carbocycles. The van der Waals surface area contributed by atoms with E-state index in [0.29, 0.717) is 6.61 Å². The topological polar surface area (TPSA) is 58.6 Å². The molecule has 102 valence electrons. The molecule has 2 rings (SSSR count). The maximum Gasteiger partial charge on any atom is 0.249 e. The number of hydrogen-bond acceptors (Lipinski definition) is 3. The van der Waals surface area contributed by atoms with Crippen LogP contribution in [-0.2, 0) is 14.3 Å². The highest BCUT2D eigenvalue weighted by atomic mass is 16.5. The van der Waals surface area contributed by atoms with Crippen LogP contribution in [0.15, 0.2) is 0 Å². The molecular weight excluding hydrogens is 232 g/mol. The van der Waals surface area contributed by atoms with Gasteiger partial charge in [-0.05, 0) is 26.2 Å². The van der Waals surface area contributed by atoms with Crippen LogP contribution in [0, 0.1) is 0 Å². The second-order valence-corrected chi connectivity index (χ2v) is 5.40. The van der Waals surface area contributed by atoms with Gasteiger partial charge in [-0.1, -0.05) is 12.8 Å². The number of ether oxygens (including phenoxy) is 1. The van der Waals surface area contributed by atoms with Gasteiger partial charge in [-0.15, -0.1) is 0 Å². The molecule has 1 unspecified atom stereocenters. The number of methoxy groups -OCH3 is 1. The molecule has 0 aromatic carbocycles. The summed E-state index contributed by atoms with van der Waals surface area (Å²) in [7, 11) is 1.65. The van der Waals surface area contributed by atoms with E-state index in [1.54, 1.807) is 12.0 Å². The van der Waals surface area contributed by atoms with E-state index in [2.05, 4.69) is 5.32 Å². The van der Waals surface area contributed by atoms with Gasteiger partial charge in [-0.3, -0.25) is 9.59 Å². The predicted octanol–water partition coefficient (Wildman–Crippen LogP) is 0.683. The van der Waals surface area contributed by atoms with Crippen LogP contribution < -0.4 is 5.32 Å². The minimum absolute atomic E-state index is 0.0271. The van der Waals surface area contributed by atoms with E-state index in [0.717, 1.165) is 32.1 Å². The van der Waals surface area contributed by atoms with Crippen molar-refractivity contribution >= 4 is 11.8 Å². The number of rotatable bonds is 4. The normalized spacial score (nSPS) is 24.4. The third kappa shape index (κ3) is 2.36. The molecule has 1 spiro atoms. The molecule has 18 heavy (non-hydrogen) atoms. The summed E-state index contributed by atoms with van der Waals surface area (Å²) < 4.78 is 5.04. The molecule has 0 aromatic rings. The minimum Gasteiger partial charge on any atom is -0.385 e. The maximum absolute atomic E-state index is 12.6. The van der Waals surface area contributed by atoms with Crippen LogP contribution in [-0.4, -0.2) is 48.6 Å². The van der Waals surface area contributed by atoms with Crippen LogP contribution in [0.3, 0.4) is 0 Å². The smallest absolute Gasteiger partial charge is 0.249 e. The lowest BCUT2D eigenvalue weighted by atomic mass is 9.92. The molecule has 2 aliphatic rings. The molecule has 1 saturated heterocycles. The lowest BCUT2D eigenvalue weighted by Crippen LogP contribution is -2.67. The van der Waals surface area contributed by atoms with Crippen LogP contribution in [0.2, 0.25) is 0 Å². The van der Waals surface area contributed by atoms with Crippen LogP contribution in [0.25, 0.3) is 0 Å². The zero-order chi connectivity index (χ0) is 13.2. The van der Waals surface area contributed by atoms with E-state index in [1.807, 2.05) is 6.92 Å². The van der Waals surface area contributed by atoms with E-state index in [1.165, 1.54) is 0 Å². The molecule has 5 nitrogen and oxygen atoms in total. The van der Waals surface area contributed by atoms with Crippen molar-refractivity contribution in [1.29, 1.82) is 0 Å². The number of nitrogens with zero attached hydrogens (tertiary/aromatic N) is 1. The zero-order valence-corrected chi connectivity index (χ0v) is 11.2. The van der Waals surface area contributed by atoms with E-state index in [-0.39, 0.29) is 24.4 Å². The number of hydrogen-bond donors (Lipinski definition) is 1. The van der Waals surface area contributed by atoms with Crippen molar-refractivity contribution in [3.63, 3.8) is 0 Å². The number of nitrogens with one attached hydrogen (secondary N) is 1. The van der Waals surface area contributed by atoms with Gasteiger partial charge in [0.2, 0.25) is 11.8 Å². The molecule has 0 bridgehead atoms. The molecule has 2 amide bonds. The highest BCUT2D eigenvalue weighted by molar-refractivity contribution is 5.98. The second-order valence-electron chi connectivity index (χ2n) is 5.40. The zero-order valence-electron chi connectivity index (χ0n) is 11.2. The molecular formula is C13H22N2O3. The first-order valence-corrected chi connectivity index (χ1v) is 6.70. The molecule has 0 radical (unpaired) electrons. The van der Waals surface area contributed by atoms with Crippen molar-refractivity contribution in [1.82, 2.24) is 10.2 Å². The number of carbonyl (C=O) groups is 2. The molecule has 5 heteroatoms. The Morgan fingerprint density at radius 3 is 2.67 bits per heavy atom. The Morgan fingerprint density at radius 1 is 1.39 bits per heavy atom. The molecule has 1 aliphatic carbocycles. The second kappa shape index (κ2) is 5.26. The van der Waals surface area contributed by atoms with Gasteiger partial charge in [0, 0.05) is 19.8 Å². The standard InChI is InChI=1S/C13H22N2O3/c1-10(5-8-18-2)15-9-11(16)14-13(12(15)17)6-3-4-7-13/h10H,3-9H2,1-2H3,(H,14,16). The summed E-state index contributed by atoms with van der Waals surface area (Å²) >= 11 is 0. The van der Waals surface area contributed by atoms with Gasteiger partial charge in [-0.2, -0.15) is 0 Å². The quantitative estimate of drug-likeness (QED) is 0.802. The van der Waals surface area contributed by atoms with Crippen molar-refractivity contribution in [2.24, 2.45) is 0 Å². The Kier molecular flexibility index (Phi) is 3.90. The fraction of sp³-hybridized carbons (Fsp3) is 0.846. The van der Waals surface area contributed by atoms with Gasteiger partial charge in [0.1, 0.15) is 5.54 Å². The average Bonchev–Trinajstić information content (AvgIpc) is 2.80. The minimum atomic E-state index is -0.601. The first-order chi connectivity index (χ1) is 8.59. The summed E-state index contributed by atoms with van der Waals surface area (Å²) in [5, 5.41) is 2.92. The van der Waals surface area contributed by atoms with Gasteiger partial charge in [0.25, 0.3) is 0 Å². The highest BCUT2D eigenvalue weighted by Gasteiger charge is 2.49. The first-order valence-electron chi connectivity index (χ1n) is 6.70. The maximum atomic E-state index is 12.6. The summed E-state index contributed by atoms with van der Waals surface area (Å²) in [5.74, 6) is 0.0731. The molecule has 1 aliphatic heterocycles. The number of carbonyl (C=O) groups excluding carboxylic acids is 2. The van der Waals surface area contributed by atoms with Crippen molar-refractivity contribution in [3.8, 4) is 0 Å². The van der Waals surface area contributed by atoms with E-state index >= 15 is 0 Å². The Bertz CT molecular complexity index is 337. The lowest BCUT2D eigenvalue weighted by molar-refractivity contribution is -0.152. The van der Waals surface area contributed by atoms with E-state index < -0.39 is 5.54 Å².